The van der Waals surface area contributed by atoms with Crippen molar-refractivity contribution in [2.75, 3.05) is 19.6 Å². The first-order valence-electron chi connectivity index (χ1n) is 10.4. The minimum atomic E-state index is -1.83. The smallest absolute Gasteiger partial charge is 0.280 e. The standard InChI is InChI=1S/C18H43N3Si2/c1-7-19-23(20-8-2,18-16-14-13-15-17-18)21(9-3)22(10-4,11-5)12-6/h18-20H,7-17H2,1-6H3. The van der Waals surface area contributed by atoms with Crippen LogP contribution in [0.4, 0.5) is 0 Å². The predicted molar refractivity (Wildman–Crippen MR) is 110 cm³/mol. The maximum absolute atomic E-state index is 4.11. The van der Waals surface area contributed by atoms with E-state index in [4.69, 9.17) is 0 Å². The molecule has 0 aliphatic heterocycles. The normalized spacial score (nSPS) is 17.9. The topological polar surface area (TPSA) is 27.3 Å². The van der Waals surface area contributed by atoms with E-state index in [1.165, 1.54) is 56.8 Å². The van der Waals surface area contributed by atoms with Gasteiger partial charge in [0.05, 0.1) is 0 Å². The zero-order valence-electron chi connectivity index (χ0n) is 16.8. The zero-order chi connectivity index (χ0) is 17.3. The Morgan fingerprint density at radius 3 is 1.61 bits per heavy atom. The highest BCUT2D eigenvalue weighted by molar-refractivity contribution is 6.91. The van der Waals surface area contributed by atoms with Gasteiger partial charge in [-0.3, -0.25) is 0 Å². The van der Waals surface area contributed by atoms with Gasteiger partial charge < -0.3 is 14.2 Å². The van der Waals surface area contributed by atoms with Crippen LogP contribution in [0.3, 0.4) is 0 Å². The SMILES string of the molecule is CCN[Si](NCC)(C1CCCCC1)N(CC)[Si](CC)(CC)CC. The molecule has 0 aromatic carbocycles. The van der Waals surface area contributed by atoms with Crippen molar-refractivity contribution in [1.82, 2.24) is 14.2 Å². The third-order valence-corrected chi connectivity index (χ3v) is 19.0. The van der Waals surface area contributed by atoms with E-state index in [2.05, 4.69) is 55.7 Å². The van der Waals surface area contributed by atoms with E-state index in [9.17, 15) is 0 Å². The van der Waals surface area contributed by atoms with Gasteiger partial charge in [-0.1, -0.05) is 60.8 Å². The number of nitrogens with one attached hydrogen (secondary N) is 2. The summed E-state index contributed by atoms with van der Waals surface area (Å²) >= 11 is 0. The fourth-order valence-corrected chi connectivity index (χ4v) is 18.2. The maximum atomic E-state index is 4.11. The van der Waals surface area contributed by atoms with Gasteiger partial charge in [0.2, 0.25) is 0 Å². The first kappa shape index (κ1) is 21.4. The zero-order valence-corrected chi connectivity index (χ0v) is 18.8. The molecule has 138 valence electrons. The fourth-order valence-electron chi connectivity index (χ4n) is 5.10. The second-order valence-corrected chi connectivity index (χ2v) is 16.3. The molecule has 0 aromatic heterocycles. The third kappa shape index (κ3) is 4.48. The molecule has 1 fully saturated rings. The molecule has 3 nitrogen and oxygen atoms in total. The summed E-state index contributed by atoms with van der Waals surface area (Å²) in [6, 6.07) is 4.18. The van der Waals surface area contributed by atoms with Crippen LogP contribution in [-0.4, -0.2) is 40.7 Å². The first-order chi connectivity index (χ1) is 11.1. The van der Waals surface area contributed by atoms with Gasteiger partial charge in [-0.2, -0.15) is 0 Å². The van der Waals surface area contributed by atoms with Crippen molar-refractivity contribution < 1.29 is 0 Å². The molecular weight excluding hydrogens is 314 g/mol. The summed E-state index contributed by atoms with van der Waals surface area (Å²) in [6.07, 6.45) is 7.19. The van der Waals surface area contributed by atoms with Crippen LogP contribution < -0.4 is 9.96 Å². The van der Waals surface area contributed by atoms with Gasteiger partial charge >= 0.3 is 0 Å². The maximum Gasteiger partial charge on any atom is 0.280 e. The Labute approximate surface area is 148 Å². The molecule has 0 atom stereocenters. The van der Waals surface area contributed by atoms with Crippen molar-refractivity contribution in [3.63, 3.8) is 0 Å². The minimum Gasteiger partial charge on any atom is -0.321 e. The third-order valence-electron chi connectivity index (χ3n) is 6.38. The largest absolute Gasteiger partial charge is 0.321 e. The molecule has 5 heteroatoms. The molecule has 1 rings (SSSR count). The number of hydrogen-bond donors (Lipinski definition) is 2. The highest BCUT2D eigenvalue weighted by Crippen LogP contribution is 2.40. The average molecular weight is 358 g/mol. The number of nitrogens with zero attached hydrogens (tertiary/aromatic N) is 1. The Balaban J connectivity index is 3.31. The van der Waals surface area contributed by atoms with E-state index in [1.807, 2.05) is 0 Å². The molecule has 1 saturated carbocycles. The Hall–Kier alpha value is 0.314. The van der Waals surface area contributed by atoms with E-state index in [1.54, 1.807) is 0 Å². The quantitative estimate of drug-likeness (QED) is 0.520. The Morgan fingerprint density at radius 2 is 1.26 bits per heavy atom. The van der Waals surface area contributed by atoms with Gasteiger partial charge in [0.15, 0.2) is 0 Å². The molecule has 0 unspecified atom stereocenters. The van der Waals surface area contributed by atoms with E-state index in [-0.39, 0.29) is 0 Å². The van der Waals surface area contributed by atoms with Crippen molar-refractivity contribution in [2.45, 2.75) is 97.3 Å². The van der Waals surface area contributed by atoms with Gasteiger partial charge in [0, 0.05) is 0 Å². The molecule has 0 aromatic rings. The molecule has 0 bridgehead atoms. The van der Waals surface area contributed by atoms with Crippen LogP contribution in [0.2, 0.25) is 23.7 Å². The summed E-state index contributed by atoms with van der Waals surface area (Å²) in [7, 11) is -3.20. The van der Waals surface area contributed by atoms with Crippen molar-refractivity contribution in [3.05, 3.63) is 0 Å². The van der Waals surface area contributed by atoms with Crippen molar-refractivity contribution >= 4 is 16.8 Å². The van der Waals surface area contributed by atoms with Crippen molar-refractivity contribution in [1.29, 1.82) is 0 Å². The molecule has 1 aliphatic rings. The summed E-state index contributed by atoms with van der Waals surface area (Å²) < 4.78 is 3.09. The van der Waals surface area contributed by atoms with Gasteiger partial charge in [0.1, 0.15) is 8.24 Å². The Kier molecular flexibility index (Phi) is 9.60. The van der Waals surface area contributed by atoms with Gasteiger partial charge in [-0.05, 0) is 56.1 Å². The lowest BCUT2D eigenvalue weighted by Gasteiger charge is -2.55. The molecule has 0 radical (unpaired) electrons. The monoisotopic (exact) mass is 357 g/mol. The second kappa shape index (κ2) is 10.3. The lowest BCUT2D eigenvalue weighted by Crippen LogP contribution is -2.81. The van der Waals surface area contributed by atoms with Crippen LogP contribution in [0.15, 0.2) is 0 Å². The summed E-state index contributed by atoms with van der Waals surface area (Å²) in [6.45, 7) is 17.8. The van der Waals surface area contributed by atoms with Crippen LogP contribution >= 0.6 is 0 Å². The second-order valence-electron chi connectivity index (χ2n) is 7.19. The molecule has 0 saturated heterocycles. The van der Waals surface area contributed by atoms with E-state index in [0.717, 1.165) is 18.6 Å². The molecule has 0 heterocycles. The molecule has 23 heavy (non-hydrogen) atoms. The average Bonchev–Trinajstić information content (AvgIpc) is 2.60. The highest BCUT2D eigenvalue weighted by Gasteiger charge is 2.52. The van der Waals surface area contributed by atoms with Crippen LogP contribution in [0.1, 0.15) is 73.6 Å². The van der Waals surface area contributed by atoms with Crippen LogP contribution in [0, 0.1) is 0 Å². The van der Waals surface area contributed by atoms with Gasteiger partial charge in [-0.25, -0.2) is 0 Å². The highest BCUT2D eigenvalue weighted by atomic mass is 28.4. The molecule has 1 aliphatic carbocycles. The lowest BCUT2D eigenvalue weighted by molar-refractivity contribution is 0.439. The molecule has 0 amide bonds. The van der Waals surface area contributed by atoms with E-state index < -0.39 is 16.8 Å². The molecular formula is C18H43N3Si2. The van der Waals surface area contributed by atoms with Crippen molar-refractivity contribution in [3.8, 4) is 0 Å². The van der Waals surface area contributed by atoms with E-state index >= 15 is 0 Å². The summed E-state index contributed by atoms with van der Waals surface area (Å²) in [5.74, 6) is 0. The van der Waals surface area contributed by atoms with Crippen LogP contribution in [0.25, 0.3) is 0 Å². The first-order valence-corrected chi connectivity index (χ1v) is 15.0. The molecule has 2 N–H and O–H groups in total. The van der Waals surface area contributed by atoms with Crippen LogP contribution in [0.5, 0.6) is 0 Å². The van der Waals surface area contributed by atoms with Crippen LogP contribution in [-0.2, 0) is 0 Å². The Morgan fingerprint density at radius 1 is 0.783 bits per heavy atom. The summed E-state index contributed by atoms with van der Waals surface area (Å²) in [5.41, 5.74) is 0.882. The van der Waals surface area contributed by atoms with Crippen molar-refractivity contribution in [2.24, 2.45) is 0 Å². The van der Waals surface area contributed by atoms with Gasteiger partial charge in [-0.15, -0.1) is 0 Å². The molecule has 0 spiro atoms. The number of hydrogen-bond acceptors (Lipinski definition) is 3. The number of rotatable bonds is 11. The van der Waals surface area contributed by atoms with E-state index in [0.29, 0.717) is 0 Å². The predicted octanol–water partition coefficient (Wildman–Crippen LogP) is 4.81. The fraction of sp³-hybridized carbons (Fsp3) is 1.00. The minimum absolute atomic E-state index is 0.882. The lowest BCUT2D eigenvalue weighted by atomic mass is 10.0. The summed E-state index contributed by atoms with van der Waals surface area (Å²) in [5, 5.41) is 0. The van der Waals surface area contributed by atoms with Gasteiger partial charge in [0.25, 0.3) is 8.56 Å². The summed E-state index contributed by atoms with van der Waals surface area (Å²) in [4.78, 5) is 8.23. The Bertz CT molecular complexity index is 301.